The molecule has 0 radical (unpaired) electrons. The smallest absolute Gasteiger partial charge is 0.319 e. The quantitative estimate of drug-likeness (QED) is 0.834. The summed E-state index contributed by atoms with van der Waals surface area (Å²) in [5.74, 6) is 0. The summed E-state index contributed by atoms with van der Waals surface area (Å²) in [6.07, 6.45) is 4.20. The molecule has 1 heterocycles. The molecule has 1 aromatic carbocycles. The Labute approximate surface area is 128 Å². The fraction of sp³-hybridized carbons (Fsp3) is 0.357. The van der Waals surface area contributed by atoms with E-state index in [1.807, 2.05) is 26.0 Å². The van der Waals surface area contributed by atoms with Gasteiger partial charge in [-0.15, -0.1) is 5.10 Å². The van der Waals surface area contributed by atoms with Crippen molar-refractivity contribution in [1.82, 2.24) is 20.3 Å². The second-order valence-electron chi connectivity index (χ2n) is 4.76. The lowest BCUT2D eigenvalue weighted by molar-refractivity contribution is 0.251. The standard InChI is InChI=1S/C14H18ClN5O/c1-10-4-5-12(15)11(2)13(10)18-14(21)16-6-3-8-20-9-7-17-19-20/h4-5,7,9H,3,6,8H2,1-2H3,(H2,16,18,21). The van der Waals surface area contributed by atoms with Gasteiger partial charge in [-0.2, -0.15) is 0 Å². The monoisotopic (exact) mass is 307 g/mol. The first-order chi connectivity index (χ1) is 10.1. The van der Waals surface area contributed by atoms with Crippen LogP contribution >= 0.6 is 11.6 Å². The number of carbonyl (C=O) groups excluding carboxylic acids is 1. The molecule has 0 aliphatic rings. The topological polar surface area (TPSA) is 71.8 Å². The minimum Gasteiger partial charge on any atom is -0.338 e. The average Bonchev–Trinajstić information content (AvgIpc) is 2.97. The Hall–Kier alpha value is -2.08. The number of hydrogen-bond donors (Lipinski definition) is 2. The van der Waals surface area contributed by atoms with E-state index in [4.69, 9.17) is 11.6 Å². The maximum atomic E-state index is 11.9. The van der Waals surface area contributed by atoms with E-state index < -0.39 is 0 Å². The van der Waals surface area contributed by atoms with Crippen molar-refractivity contribution in [3.63, 3.8) is 0 Å². The molecule has 21 heavy (non-hydrogen) atoms. The van der Waals surface area contributed by atoms with Gasteiger partial charge < -0.3 is 10.6 Å². The molecule has 2 aromatic rings. The number of carbonyl (C=O) groups is 1. The normalized spacial score (nSPS) is 10.4. The summed E-state index contributed by atoms with van der Waals surface area (Å²) in [6.45, 7) is 5.10. The van der Waals surface area contributed by atoms with Crippen molar-refractivity contribution in [1.29, 1.82) is 0 Å². The number of aromatic nitrogens is 3. The molecule has 0 aliphatic carbocycles. The molecule has 112 valence electrons. The number of aryl methyl sites for hydroxylation is 2. The van der Waals surface area contributed by atoms with Gasteiger partial charge in [-0.3, -0.25) is 4.68 Å². The van der Waals surface area contributed by atoms with E-state index in [1.165, 1.54) is 0 Å². The van der Waals surface area contributed by atoms with Crippen LogP contribution in [0.25, 0.3) is 0 Å². The summed E-state index contributed by atoms with van der Waals surface area (Å²) in [6, 6.07) is 3.48. The lowest BCUT2D eigenvalue weighted by Gasteiger charge is -2.13. The molecule has 0 saturated heterocycles. The molecule has 6 nitrogen and oxygen atoms in total. The van der Waals surface area contributed by atoms with Crippen LogP contribution in [0.5, 0.6) is 0 Å². The Kier molecular flexibility index (Phi) is 5.16. The van der Waals surface area contributed by atoms with Crippen molar-refractivity contribution in [3.8, 4) is 0 Å². The number of halogens is 1. The van der Waals surface area contributed by atoms with Crippen LogP contribution in [0.1, 0.15) is 17.5 Å². The highest BCUT2D eigenvalue weighted by Gasteiger charge is 2.09. The minimum absolute atomic E-state index is 0.234. The number of nitrogens with one attached hydrogen (secondary N) is 2. The molecular weight excluding hydrogens is 290 g/mol. The highest BCUT2D eigenvalue weighted by atomic mass is 35.5. The van der Waals surface area contributed by atoms with Gasteiger partial charge in [-0.1, -0.05) is 22.9 Å². The lowest BCUT2D eigenvalue weighted by Crippen LogP contribution is -2.30. The maximum Gasteiger partial charge on any atom is 0.319 e. The summed E-state index contributed by atoms with van der Waals surface area (Å²) in [7, 11) is 0. The fourth-order valence-corrected chi connectivity index (χ4v) is 2.12. The Bertz CT molecular complexity index is 612. The number of benzene rings is 1. The third kappa shape index (κ3) is 4.19. The molecule has 0 unspecified atom stereocenters. The van der Waals surface area contributed by atoms with Crippen molar-refractivity contribution < 1.29 is 4.79 Å². The van der Waals surface area contributed by atoms with E-state index in [0.717, 1.165) is 29.8 Å². The molecule has 0 atom stereocenters. The molecule has 0 fully saturated rings. The lowest BCUT2D eigenvalue weighted by atomic mass is 10.1. The summed E-state index contributed by atoms with van der Waals surface area (Å²) in [5, 5.41) is 13.9. The SMILES string of the molecule is Cc1ccc(Cl)c(C)c1NC(=O)NCCCn1ccnn1. The first-order valence-corrected chi connectivity index (χ1v) is 7.10. The van der Waals surface area contributed by atoms with Gasteiger partial charge in [0.1, 0.15) is 0 Å². The molecule has 2 amide bonds. The van der Waals surface area contributed by atoms with E-state index in [9.17, 15) is 4.79 Å². The van der Waals surface area contributed by atoms with Gasteiger partial charge in [0, 0.05) is 30.0 Å². The second kappa shape index (κ2) is 7.08. The van der Waals surface area contributed by atoms with Crippen molar-refractivity contribution in [3.05, 3.63) is 40.7 Å². The van der Waals surface area contributed by atoms with Crippen LogP contribution in [-0.2, 0) is 6.54 Å². The van der Waals surface area contributed by atoms with Crippen LogP contribution in [0.4, 0.5) is 10.5 Å². The van der Waals surface area contributed by atoms with E-state index in [1.54, 1.807) is 17.1 Å². The molecular formula is C14H18ClN5O. The number of amides is 2. The van der Waals surface area contributed by atoms with Gasteiger partial charge >= 0.3 is 6.03 Å². The molecule has 7 heteroatoms. The zero-order valence-corrected chi connectivity index (χ0v) is 12.8. The number of urea groups is 1. The molecule has 0 saturated carbocycles. The third-order valence-electron chi connectivity index (χ3n) is 3.17. The third-order valence-corrected chi connectivity index (χ3v) is 3.58. The molecule has 2 rings (SSSR count). The zero-order chi connectivity index (χ0) is 15.2. The van der Waals surface area contributed by atoms with Crippen LogP contribution in [0, 0.1) is 13.8 Å². The Balaban J connectivity index is 1.81. The van der Waals surface area contributed by atoms with Crippen LogP contribution < -0.4 is 10.6 Å². The van der Waals surface area contributed by atoms with Crippen LogP contribution in [0.3, 0.4) is 0 Å². The van der Waals surface area contributed by atoms with Crippen LogP contribution in [0.2, 0.25) is 5.02 Å². The van der Waals surface area contributed by atoms with Crippen LogP contribution in [0.15, 0.2) is 24.5 Å². The van der Waals surface area contributed by atoms with Crippen molar-refractivity contribution in [2.45, 2.75) is 26.8 Å². The fourth-order valence-electron chi connectivity index (χ4n) is 1.97. The van der Waals surface area contributed by atoms with Crippen molar-refractivity contribution >= 4 is 23.3 Å². The molecule has 0 spiro atoms. The summed E-state index contributed by atoms with van der Waals surface area (Å²) in [4.78, 5) is 11.9. The van der Waals surface area contributed by atoms with E-state index in [0.29, 0.717) is 11.6 Å². The maximum absolute atomic E-state index is 11.9. The largest absolute Gasteiger partial charge is 0.338 e. The molecule has 0 aliphatic heterocycles. The first kappa shape index (κ1) is 15.3. The van der Waals surface area contributed by atoms with E-state index in [-0.39, 0.29) is 6.03 Å². The van der Waals surface area contributed by atoms with Gasteiger partial charge in [0.2, 0.25) is 0 Å². The highest BCUT2D eigenvalue weighted by molar-refractivity contribution is 6.31. The Morgan fingerprint density at radius 1 is 1.38 bits per heavy atom. The zero-order valence-electron chi connectivity index (χ0n) is 12.1. The molecule has 0 bridgehead atoms. The first-order valence-electron chi connectivity index (χ1n) is 6.72. The van der Waals surface area contributed by atoms with E-state index in [2.05, 4.69) is 20.9 Å². The Morgan fingerprint density at radius 2 is 2.19 bits per heavy atom. The van der Waals surface area contributed by atoms with Crippen molar-refractivity contribution in [2.75, 3.05) is 11.9 Å². The molecule has 1 aromatic heterocycles. The van der Waals surface area contributed by atoms with Gasteiger partial charge in [0.25, 0.3) is 0 Å². The van der Waals surface area contributed by atoms with Gasteiger partial charge in [0.15, 0.2) is 0 Å². The van der Waals surface area contributed by atoms with E-state index >= 15 is 0 Å². The van der Waals surface area contributed by atoms with Crippen LogP contribution in [-0.4, -0.2) is 27.6 Å². The summed E-state index contributed by atoms with van der Waals surface area (Å²) >= 11 is 6.07. The van der Waals surface area contributed by atoms with Gasteiger partial charge in [-0.25, -0.2) is 4.79 Å². The van der Waals surface area contributed by atoms with Crippen molar-refractivity contribution in [2.24, 2.45) is 0 Å². The average molecular weight is 308 g/mol. The summed E-state index contributed by atoms with van der Waals surface area (Å²) < 4.78 is 1.73. The van der Waals surface area contributed by atoms with Gasteiger partial charge in [0.05, 0.1) is 6.20 Å². The predicted octanol–water partition coefficient (Wildman–Crippen LogP) is 2.76. The minimum atomic E-state index is -0.234. The highest BCUT2D eigenvalue weighted by Crippen LogP contribution is 2.26. The summed E-state index contributed by atoms with van der Waals surface area (Å²) in [5.41, 5.74) is 2.61. The number of hydrogen-bond acceptors (Lipinski definition) is 3. The predicted molar refractivity (Wildman–Crippen MR) is 82.6 cm³/mol. The van der Waals surface area contributed by atoms with Gasteiger partial charge in [-0.05, 0) is 37.5 Å². The number of rotatable bonds is 5. The molecule has 2 N–H and O–H groups in total. The number of nitrogens with zero attached hydrogens (tertiary/aromatic N) is 3. The second-order valence-corrected chi connectivity index (χ2v) is 5.17. The Morgan fingerprint density at radius 3 is 2.90 bits per heavy atom. The number of anilines is 1.